The van der Waals surface area contributed by atoms with Crippen molar-refractivity contribution in [2.75, 3.05) is 19.7 Å². The number of morpholine rings is 1. The predicted molar refractivity (Wildman–Crippen MR) is 69.7 cm³/mol. The molecule has 20 heavy (non-hydrogen) atoms. The van der Waals surface area contributed by atoms with Crippen molar-refractivity contribution >= 4 is 0 Å². The fourth-order valence-corrected chi connectivity index (χ4v) is 2.60. The van der Waals surface area contributed by atoms with E-state index in [2.05, 4.69) is 0 Å². The first-order valence-electron chi connectivity index (χ1n) is 6.66. The summed E-state index contributed by atoms with van der Waals surface area (Å²) in [7, 11) is 0. The zero-order valence-electron chi connectivity index (χ0n) is 11.6. The van der Waals surface area contributed by atoms with E-state index in [1.54, 1.807) is 0 Å². The molecule has 0 spiro atoms. The first-order valence-corrected chi connectivity index (χ1v) is 6.66. The van der Waals surface area contributed by atoms with Crippen LogP contribution in [0.25, 0.3) is 0 Å². The summed E-state index contributed by atoms with van der Waals surface area (Å²) < 4.78 is 45.8. The number of benzene rings is 1. The molecule has 1 aliphatic rings. The molecule has 1 saturated heterocycles. The standard InChI is InChI=1S/C14H19F3N2O/c1-8-7-20-9(2)6-19(8)14(5-18)10-3-12(16)13(17)4-11(10)15/h3-4,8-9,14H,5-7,18H2,1-2H3. The zero-order valence-corrected chi connectivity index (χ0v) is 11.6. The van der Waals surface area contributed by atoms with Crippen LogP contribution in [0.1, 0.15) is 25.5 Å². The summed E-state index contributed by atoms with van der Waals surface area (Å²) in [5.74, 6) is -3.02. The van der Waals surface area contributed by atoms with Gasteiger partial charge in [-0.2, -0.15) is 0 Å². The van der Waals surface area contributed by atoms with Crippen molar-refractivity contribution in [1.29, 1.82) is 0 Å². The molecule has 0 saturated carbocycles. The molecule has 6 heteroatoms. The largest absolute Gasteiger partial charge is 0.376 e. The van der Waals surface area contributed by atoms with Crippen molar-refractivity contribution in [1.82, 2.24) is 4.90 Å². The molecule has 0 aliphatic carbocycles. The van der Waals surface area contributed by atoms with Gasteiger partial charge in [0, 0.05) is 30.8 Å². The van der Waals surface area contributed by atoms with Gasteiger partial charge in [-0.25, -0.2) is 13.2 Å². The van der Waals surface area contributed by atoms with Gasteiger partial charge in [-0.1, -0.05) is 0 Å². The Labute approximate surface area is 116 Å². The molecule has 0 bridgehead atoms. The number of halogens is 3. The molecule has 1 heterocycles. The highest BCUT2D eigenvalue weighted by Crippen LogP contribution is 2.28. The molecule has 0 aromatic heterocycles. The molecule has 1 aromatic rings. The first kappa shape index (κ1) is 15.3. The Morgan fingerprint density at radius 2 is 1.90 bits per heavy atom. The summed E-state index contributed by atoms with van der Waals surface area (Å²) >= 11 is 0. The summed E-state index contributed by atoms with van der Waals surface area (Å²) in [6.07, 6.45) is -0.00592. The maximum Gasteiger partial charge on any atom is 0.161 e. The maximum absolute atomic E-state index is 13.9. The number of rotatable bonds is 3. The molecule has 1 fully saturated rings. The lowest BCUT2D eigenvalue weighted by Gasteiger charge is -2.41. The lowest BCUT2D eigenvalue weighted by atomic mass is 10.0. The lowest BCUT2D eigenvalue weighted by Crippen LogP contribution is -2.50. The molecule has 0 amide bonds. The second kappa shape index (κ2) is 6.11. The van der Waals surface area contributed by atoms with Gasteiger partial charge in [0.05, 0.1) is 18.8 Å². The molecular formula is C14H19F3N2O. The Balaban J connectivity index is 2.34. The molecule has 1 aliphatic heterocycles. The van der Waals surface area contributed by atoms with Crippen LogP contribution in [0.4, 0.5) is 13.2 Å². The van der Waals surface area contributed by atoms with E-state index in [1.807, 2.05) is 18.7 Å². The van der Waals surface area contributed by atoms with Crippen LogP contribution in [-0.2, 0) is 4.74 Å². The van der Waals surface area contributed by atoms with Crippen molar-refractivity contribution < 1.29 is 17.9 Å². The van der Waals surface area contributed by atoms with Crippen LogP contribution in [0.3, 0.4) is 0 Å². The minimum Gasteiger partial charge on any atom is -0.376 e. The average molecular weight is 288 g/mol. The van der Waals surface area contributed by atoms with Crippen molar-refractivity contribution in [2.45, 2.75) is 32.0 Å². The van der Waals surface area contributed by atoms with Gasteiger partial charge in [0.1, 0.15) is 5.82 Å². The third-order valence-electron chi connectivity index (χ3n) is 3.68. The van der Waals surface area contributed by atoms with Crippen LogP contribution in [-0.4, -0.2) is 36.7 Å². The lowest BCUT2D eigenvalue weighted by molar-refractivity contribution is -0.0658. The van der Waals surface area contributed by atoms with E-state index in [-0.39, 0.29) is 24.3 Å². The Morgan fingerprint density at radius 3 is 2.55 bits per heavy atom. The summed E-state index contributed by atoms with van der Waals surface area (Å²) in [4.78, 5) is 1.98. The van der Waals surface area contributed by atoms with E-state index in [0.717, 1.165) is 6.07 Å². The van der Waals surface area contributed by atoms with Crippen LogP contribution in [0.5, 0.6) is 0 Å². The van der Waals surface area contributed by atoms with Gasteiger partial charge < -0.3 is 10.5 Å². The Kier molecular flexibility index (Phi) is 4.67. The number of nitrogens with two attached hydrogens (primary N) is 1. The van der Waals surface area contributed by atoms with Gasteiger partial charge >= 0.3 is 0 Å². The van der Waals surface area contributed by atoms with Gasteiger partial charge in [0.25, 0.3) is 0 Å². The van der Waals surface area contributed by atoms with E-state index < -0.39 is 23.5 Å². The normalized spacial score (nSPS) is 25.7. The highest BCUT2D eigenvalue weighted by molar-refractivity contribution is 5.24. The Morgan fingerprint density at radius 1 is 1.25 bits per heavy atom. The first-order chi connectivity index (χ1) is 9.43. The average Bonchev–Trinajstić information content (AvgIpc) is 2.40. The molecule has 2 N–H and O–H groups in total. The quantitative estimate of drug-likeness (QED) is 0.867. The second-order valence-electron chi connectivity index (χ2n) is 5.23. The predicted octanol–water partition coefficient (Wildman–Crippen LogP) is 2.21. The SMILES string of the molecule is CC1CN(C(CN)c2cc(F)c(F)cc2F)C(C)CO1. The summed E-state index contributed by atoms with van der Waals surface area (Å²) in [6, 6.07) is 1.01. The minimum absolute atomic E-state index is 0.00592. The Hall–Kier alpha value is -1.11. The van der Waals surface area contributed by atoms with E-state index >= 15 is 0 Å². The second-order valence-corrected chi connectivity index (χ2v) is 5.23. The highest BCUT2D eigenvalue weighted by atomic mass is 19.2. The Bertz CT molecular complexity index is 484. The van der Waals surface area contributed by atoms with Crippen LogP contribution in [0.2, 0.25) is 0 Å². The summed E-state index contributed by atoms with van der Waals surface area (Å²) in [5.41, 5.74) is 5.83. The van der Waals surface area contributed by atoms with Crippen molar-refractivity contribution in [3.05, 3.63) is 35.1 Å². The molecule has 1 aromatic carbocycles. The molecule has 3 unspecified atom stereocenters. The highest BCUT2D eigenvalue weighted by Gasteiger charge is 2.31. The van der Waals surface area contributed by atoms with Crippen LogP contribution >= 0.6 is 0 Å². The van der Waals surface area contributed by atoms with Crippen molar-refractivity contribution in [3.8, 4) is 0 Å². The molecular weight excluding hydrogens is 269 g/mol. The number of hydrogen-bond acceptors (Lipinski definition) is 3. The van der Waals surface area contributed by atoms with E-state index in [9.17, 15) is 13.2 Å². The summed E-state index contributed by atoms with van der Waals surface area (Å²) in [5, 5.41) is 0. The van der Waals surface area contributed by atoms with Crippen LogP contribution in [0, 0.1) is 17.5 Å². The van der Waals surface area contributed by atoms with Crippen LogP contribution < -0.4 is 5.73 Å². The molecule has 0 radical (unpaired) electrons. The number of nitrogens with zero attached hydrogens (tertiary/aromatic N) is 1. The van der Waals surface area contributed by atoms with Gasteiger partial charge in [0.15, 0.2) is 11.6 Å². The maximum atomic E-state index is 13.9. The fraction of sp³-hybridized carbons (Fsp3) is 0.571. The molecule has 3 atom stereocenters. The van der Waals surface area contributed by atoms with Crippen LogP contribution in [0.15, 0.2) is 12.1 Å². The molecule has 112 valence electrons. The van der Waals surface area contributed by atoms with E-state index in [4.69, 9.17) is 10.5 Å². The number of ether oxygens (including phenoxy) is 1. The topological polar surface area (TPSA) is 38.5 Å². The fourth-order valence-electron chi connectivity index (χ4n) is 2.60. The third kappa shape index (κ3) is 2.97. The van der Waals surface area contributed by atoms with E-state index in [0.29, 0.717) is 19.2 Å². The van der Waals surface area contributed by atoms with Gasteiger partial charge in [-0.3, -0.25) is 4.90 Å². The van der Waals surface area contributed by atoms with Crippen molar-refractivity contribution in [3.63, 3.8) is 0 Å². The smallest absolute Gasteiger partial charge is 0.161 e. The molecule has 3 nitrogen and oxygen atoms in total. The van der Waals surface area contributed by atoms with Crippen molar-refractivity contribution in [2.24, 2.45) is 5.73 Å². The van der Waals surface area contributed by atoms with E-state index in [1.165, 1.54) is 0 Å². The zero-order chi connectivity index (χ0) is 14.9. The number of hydrogen-bond donors (Lipinski definition) is 1. The molecule has 2 rings (SSSR count). The van der Waals surface area contributed by atoms with Gasteiger partial charge in [-0.05, 0) is 19.9 Å². The summed E-state index contributed by atoms with van der Waals surface area (Å²) in [6.45, 7) is 5.05. The van der Waals surface area contributed by atoms with Gasteiger partial charge in [-0.15, -0.1) is 0 Å². The third-order valence-corrected chi connectivity index (χ3v) is 3.68. The van der Waals surface area contributed by atoms with Gasteiger partial charge in [0.2, 0.25) is 0 Å². The monoisotopic (exact) mass is 288 g/mol. The minimum atomic E-state index is -1.19.